The highest BCUT2D eigenvalue weighted by atomic mass is 16.6. The Labute approximate surface area is 119 Å². The predicted molar refractivity (Wildman–Crippen MR) is 75.4 cm³/mol. The van der Waals surface area contributed by atoms with Gasteiger partial charge in [0.15, 0.2) is 0 Å². The summed E-state index contributed by atoms with van der Waals surface area (Å²) in [7, 11) is 1.55. The van der Waals surface area contributed by atoms with E-state index in [4.69, 9.17) is 9.84 Å². The smallest absolute Gasteiger partial charge is 0.410 e. The number of rotatable bonds is 4. The van der Waals surface area contributed by atoms with Crippen LogP contribution in [0.15, 0.2) is 30.3 Å². The molecule has 1 aromatic carbocycles. The first-order chi connectivity index (χ1) is 9.20. The molecule has 0 aliphatic heterocycles. The van der Waals surface area contributed by atoms with Gasteiger partial charge in [-0.25, -0.2) is 4.79 Å². The van der Waals surface area contributed by atoms with Crippen LogP contribution in [-0.4, -0.2) is 34.7 Å². The van der Waals surface area contributed by atoms with Gasteiger partial charge in [-0.2, -0.15) is 0 Å². The third-order valence-electron chi connectivity index (χ3n) is 2.70. The van der Waals surface area contributed by atoms with Crippen molar-refractivity contribution in [2.45, 2.75) is 38.8 Å². The van der Waals surface area contributed by atoms with Crippen LogP contribution in [0.5, 0.6) is 0 Å². The van der Waals surface area contributed by atoms with Gasteiger partial charge in [0.1, 0.15) is 5.60 Å². The molecule has 0 saturated carbocycles. The number of amides is 1. The second-order valence-electron chi connectivity index (χ2n) is 5.62. The van der Waals surface area contributed by atoms with E-state index in [0.29, 0.717) is 0 Å². The molecule has 110 valence electrons. The van der Waals surface area contributed by atoms with E-state index in [9.17, 15) is 9.59 Å². The summed E-state index contributed by atoms with van der Waals surface area (Å²) in [4.78, 5) is 24.4. The van der Waals surface area contributed by atoms with Crippen LogP contribution in [0.1, 0.15) is 38.8 Å². The summed E-state index contributed by atoms with van der Waals surface area (Å²) in [6.45, 7) is 5.31. The Kier molecular flexibility index (Phi) is 5.13. The SMILES string of the molecule is CN(C(=O)OC(C)(C)C)[C@H](CC(=O)O)c1ccccc1. The van der Waals surface area contributed by atoms with E-state index in [1.165, 1.54) is 4.90 Å². The number of carboxylic acids is 1. The highest BCUT2D eigenvalue weighted by molar-refractivity contribution is 5.72. The summed E-state index contributed by atoms with van der Waals surface area (Å²) < 4.78 is 5.28. The summed E-state index contributed by atoms with van der Waals surface area (Å²) in [5, 5.41) is 9.03. The number of ether oxygens (including phenoxy) is 1. The number of aliphatic carboxylic acids is 1. The largest absolute Gasteiger partial charge is 0.481 e. The number of hydrogen-bond donors (Lipinski definition) is 1. The molecule has 0 fully saturated rings. The van der Waals surface area contributed by atoms with E-state index in [0.717, 1.165) is 5.56 Å². The third-order valence-corrected chi connectivity index (χ3v) is 2.70. The van der Waals surface area contributed by atoms with Crippen LogP contribution in [0.4, 0.5) is 4.79 Å². The van der Waals surface area contributed by atoms with Crippen molar-refractivity contribution < 1.29 is 19.4 Å². The molecule has 0 radical (unpaired) electrons. The Bertz CT molecular complexity index is 465. The minimum absolute atomic E-state index is 0.167. The lowest BCUT2D eigenvalue weighted by atomic mass is 10.0. The number of nitrogens with zero attached hydrogens (tertiary/aromatic N) is 1. The van der Waals surface area contributed by atoms with Crippen molar-refractivity contribution in [1.29, 1.82) is 0 Å². The van der Waals surface area contributed by atoms with Crippen molar-refractivity contribution in [3.05, 3.63) is 35.9 Å². The average Bonchev–Trinajstić information content (AvgIpc) is 2.34. The molecule has 1 rings (SSSR count). The highest BCUT2D eigenvalue weighted by Crippen LogP contribution is 2.24. The Balaban J connectivity index is 2.94. The van der Waals surface area contributed by atoms with E-state index in [2.05, 4.69) is 0 Å². The maximum atomic E-state index is 12.1. The van der Waals surface area contributed by atoms with E-state index >= 15 is 0 Å². The first-order valence-corrected chi connectivity index (χ1v) is 6.43. The molecule has 0 heterocycles. The van der Waals surface area contributed by atoms with Gasteiger partial charge in [-0.1, -0.05) is 30.3 Å². The van der Waals surface area contributed by atoms with Gasteiger partial charge in [0.25, 0.3) is 0 Å². The predicted octanol–water partition coefficient (Wildman–Crippen LogP) is 3.07. The normalized spacial score (nSPS) is 12.6. The number of carboxylic acid groups (broad SMARTS) is 1. The first kappa shape index (κ1) is 16.0. The van der Waals surface area contributed by atoms with Crippen LogP contribution in [0, 0.1) is 0 Å². The van der Waals surface area contributed by atoms with Gasteiger partial charge >= 0.3 is 12.1 Å². The zero-order chi connectivity index (χ0) is 15.3. The van der Waals surface area contributed by atoms with Crippen LogP contribution in [0.25, 0.3) is 0 Å². The fourth-order valence-electron chi connectivity index (χ4n) is 1.78. The van der Waals surface area contributed by atoms with Gasteiger partial charge in [0.05, 0.1) is 12.5 Å². The lowest BCUT2D eigenvalue weighted by Crippen LogP contribution is -2.37. The van der Waals surface area contributed by atoms with Crippen molar-refractivity contribution in [2.24, 2.45) is 0 Å². The average molecular weight is 279 g/mol. The number of hydrogen-bond acceptors (Lipinski definition) is 3. The highest BCUT2D eigenvalue weighted by Gasteiger charge is 2.27. The van der Waals surface area contributed by atoms with Gasteiger partial charge in [0.2, 0.25) is 0 Å². The van der Waals surface area contributed by atoms with Gasteiger partial charge in [-0.05, 0) is 26.3 Å². The zero-order valence-corrected chi connectivity index (χ0v) is 12.3. The maximum Gasteiger partial charge on any atom is 0.410 e. The summed E-state index contributed by atoms with van der Waals surface area (Å²) in [6.07, 6.45) is -0.702. The van der Waals surface area contributed by atoms with Crippen LogP contribution in [0.3, 0.4) is 0 Å². The second kappa shape index (κ2) is 6.41. The second-order valence-corrected chi connectivity index (χ2v) is 5.62. The Morgan fingerprint density at radius 2 is 1.80 bits per heavy atom. The van der Waals surface area contributed by atoms with Crippen molar-refractivity contribution in [3.63, 3.8) is 0 Å². The summed E-state index contributed by atoms with van der Waals surface area (Å²) in [6, 6.07) is 8.52. The summed E-state index contributed by atoms with van der Waals surface area (Å²) >= 11 is 0. The Morgan fingerprint density at radius 1 is 1.25 bits per heavy atom. The van der Waals surface area contributed by atoms with E-state index < -0.39 is 23.7 Å². The molecule has 20 heavy (non-hydrogen) atoms. The van der Waals surface area contributed by atoms with Crippen LogP contribution < -0.4 is 0 Å². The molecule has 5 heteroatoms. The maximum absolute atomic E-state index is 12.1. The minimum atomic E-state index is -0.964. The van der Waals surface area contributed by atoms with Crippen molar-refractivity contribution in [3.8, 4) is 0 Å². The lowest BCUT2D eigenvalue weighted by Gasteiger charge is -2.30. The van der Waals surface area contributed by atoms with Crippen molar-refractivity contribution in [2.75, 3.05) is 7.05 Å². The van der Waals surface area contributed by atoms with Gasteiger partial charge in [0, 0.05) is 7.05 Å². The Hall–Kier alpha value is -2.04. The Morgan fingerprint density at radius 3 is 2.25 bits per heavy atom. The molecular formula is C15H21NO4. The minimum Gasteiger partial charge on any atom is -0.481 e. The fraction of sp³-hybridized carbons (Fsp3) is 0.467. The molecule has 1 aromatic rings. The molecular weight excluding hydrogens is 258 g/mol. The molecule has 0 aliphatic carbocycles. The monoisotopic (exact) mass is 279 g/mol. The standard InChI is InChI=1S/C15H21NO4/c1-15(2,3)20-14(19)16(4)12(10-13(17)18)11-8-6-5-7-9-11/h5-9,12H,10H2,1-4H3,(H,17,18)/t12-/m1/s1. The van der Waals surface area contributed by atoms with Crippen molar-refractivity contribution in [1.82, 2.24) is 4.90 Å². The van der Waals surface area contributed by atoms with Gasteiger partial charge in [-0.3, -0.25) is 4.79 Å². The van der Waals surface area contributed by atoms with E-state index in [-0.39, 0.29) is 6.42 Å². The number of carbonyl (C=O) groups excluding carboxylic acids is 1. The molecule has 0 spiro atoms. The van der Waals surface area contributed by atoms with E-state index in [1.54, 1.807) is 40.0 Å². The topological polar surface area (TPSA) is 66.8 Å². The lowest BCUT2D eigenvalue weighted by molar-refractivity contribution is -0.138. The molecule has 0 aromatic heterocycles. The van der Waals surface area contributed by atoms with Crippen LogP contribution in [-0.2, 0) is 9.53 Å². The molecule has 5 nitrogen and oxygen atoms in total. The van der Waals surface area contributed by atoms with E-state index in [1.807, 2.05) is 18.2 Å². The summed E-state index contributed by atoms with van der Waals surface area (Å²) in [5.74, 6) is -0.964. The molecule has 0 saturated heterocycles. The van der Waals surface area contributed by atoms with Crippen molar-refractivity contribution >= 4 is 12.1 Å². The fourth-order valence-corrected chi connectivity index (χ4v) is 1.78. The molecule has 1 amide bonds. The van der Waals surface area contributed by atoms with Gasteiger partial charge < -0.3 is 14.7 Å². The number of carbonyl (C=O) groups is 2. The summed E-state index contributed by atoms with van der Waals surface area (Å²) in [5.41, 5.74) is 0.152. The molecule has 0 aliphatic rings. The van der Waals surface area contributed by atoms with Crippen LogP contribution in [0.2, 0.25) is 0 Å². The molecule has 1 atom stereocenters. The third kappa shape index (κ3) is 4.91. The number of benzene rings is 1. The quantitative estimate of drug-likeness (QED) is 0.919. The zero-order valence-electron chi connectivity index (χ0n) is 12.3. The molecule has 0 unspecified atom stereocenters. The van der Waals surface area contributed by atoms with Gasteiger partial charge in [-0.15, -0.1) is 0 Å². The molecule has 1 N–H and O–H groups in total. The van der Waals surface area contributed by atoms with Crippen LogP contribution >= 0.6 is 0 Å². The first-order valence-electron chi connectivity index (χ1n) is 6.43. The molecule has 0 bridgehead atoms.